The van der Waals surface area contributed by atoms with Crippen LogP contribution in [0.25, 0.3) is 0 Å². The molecule has 0 bridgehead atoms. The Morgan fingerprint density at radius 1 is 1.33 bits per heavy atom. The van der Waals surface area contributed by atoms with E-state index in [0.717, 1.165) is 18.8 Å². The number of nitrogens with two attached hydrogens (primary N) is 1. The lowest BCUT2D eigenvalue weighted by Gasteiger charge is -2.34. The van der Waals surface area contributed by atoms with Gasteiger partial charge in [0.05, 0.1) is 10.6 Å². The minimum Gasteiger partial charge on any atom is -0.399 e. The van der Waals surface area contributed by atoms with E-state index in [4.69, 9.17) is 17.3 Å². The normalized spacial score (nSPS) is 21.5. The topological polar surface area (TPSA) is 46.3 Å². The van der Waals surface area contributed by atoms with Crippen LogP contribution in [-0.4, -0.2) is 23.9 Å². The Bertz CT molecular complexity index is 485. The summed E-state index contributed by atoms with van der Waals surface area (Å²) in [5.74, 6) is 0.824. The lowest BCUT2D eigenvalue weighted by atomic mass is 9.84. The first-order valence-corrected chi connectivity index (χ1v) is 7.73. The standard InChI is InChI=1S/C16H23ClN2O.ClH/c1-3-11-4-7-13(8-5-11)19(2)16(20)14-9-6-12(18)10-15(14)17;/h6,9-11,13H,3-5,7-8,18H2,1-2H3;1H. The van der Waals surface area contributed by atoms with Crippen molar-refractivity contribution in [3.8, 4) is 0 Å². The second-order valence-electron chi connectivity index (χ2n) is 5.74. The monoisotopic (exact) mass is 330 g/mol. The van der Waals surface area contributed by atoms with Gasteiger partial charge in [-0.1, -0.05) is 24.9 Å². The summed E-state index contributed by atoms with van der Waals surface area (Å²) in [7, 11) is 1.88. The highest BCUT2D eigenvalue weighted by Gasteiger charge is 2.27. The zero-order chi connectivity index (χ0) is 14.7. The van der Waals surface area contributed by atoms with Crippen molar-refractivity contribution in [2.45, 2.75) is 45.1 Å². The number of carbonyl (C=O) groups is 1. The van der Waals surface area contributed by atoms with Crippen molar-refractivity contribution in [2.24, 2.45) is 5.92 Å². The molecule has 1 aliphatic carbocycles. The summed E-state index contributed by atoms with van der Waals surface area (Å²) in [4.78, 5) is 14.4. The molecule has 5 heteroatoms. The van der Waals surface area contributed by atoms with Crippen LogP contribution in [0.15, 0.2) is 18.2 Å². The average Bonchev–Trinajstić information content (AvgIpc) is 2.46. The van der Waals surface area contributed by atoms with Gasteiger partial charge in [0.15, 0.2) is 0 Å². The Hall–Kier alpha value is -0.930. The molecule has 0 radical (unpaired) electrons. The number of hydrogen-bond acceptors (Lipinski definition) is 2. The lowest BCUT2D eigenvalue weighted by Crippen LogP contribution is -2.39. The summed E-state index contributed by atoms with van der Waals surface area (Å²) < 4.78 is 0. The van der Waals surface area contributed by atoms with E-state index in [0.29, 0.717) is 22.3 Å². The van der Waals surface area contributed by atoms with Crippen LogP contribution in [-0.2, 0) is 0 Å². The highest BCUT2D eigenvalue weighted by atomic mass is 35.5. The van der Waals surface area contributed by atoms with Crippen LogP contribution in [0, 0.1) is 5.92 Å². The zero-order valence-corrected chi connectivity index (χ0v) is 14.2. The van der Waals surface area contributed by atoms with Gasteiger partial charge in [0.25, 0.3) is 5.91 Å². The summed E-state index contributed by atoms with van der Waals surface area (Å²) in [5.41, 5.74) is 6.79. The fraction of sp³-hybridized carbons (Fsp3) is 0.562. The van der Waals surface area contributed by atoms with Crippen LogP contribution in [0.1, 0.15) is 49.4 Å². The SMILES string of the molecule is CCC1CCC(N(C)C(=O)c2ccc(N)cc2Cl)CC1.Cl. The molecule has 1 fully saturated rings. The van der Waals surface area contributed by atoms with Gasteiger partial charge in [0.2, 0.25) is 0 Å². The fourth-order valence-electron chi connectivity index (χ4n) is 3.00. The number of rotatable bonds is 3. The van der Waals surface area contributed by atoms with Crippen molar-refractivity contribution in [3.63, 3.8) is 0 Å². The minimum atomic E-state index is -0.00468. The molecular formula is C16H24Cl2N2O. The number of halogens is 2. The summed E-state index contributed by atoms with van der Waals surface area (Å²) in [6.07, 6.45) is 5.86. The van der Waals surface area contributed by atoms with Gasteiger partial charge in [0.1, 0.15) is 0 Å². The van der Waals surface area contributed by atoms with E-state index in [1.54, 1.807) is 18.2 Å². The maximum Gasteiger partial charge on any atom is 0.255 e. The number of benzene rings is 1. The van der Waals surface area contributed by atoms with Gasteiger partial charge in [0, 0.05) is 18.8 Å². The molecule has 0 aromatic heterocycles. The smallest absolute Gasteiger partial charge is 0.255 e. The molecular weight excluding hydrogens is 307 g/mol. The summed E-state index contributed by atoms with van der Waals surface area (Å²) in [6, 6.07) is 5.41. The third kappa shape index (κ3) is 4.27. The highest BCUT2D eigenvalue weighted by Crippen LogP contribution is 2.30. The van der Waals surface area contributed by atoms with Crippen LogP contribution in [0.2, 0.25) is 5.02 Å². The molecule has 1 aliphatic rings. The van der Waals surface area contributed by atoms with E-state index in [1.165, 1.54) is 19.3 Å². The Morgan fingerprint density at radius 2 is 1.95 bits per heavy atom. The number of nitrogens with zero attached hydrogens (tertiary/aromatic N) is 1. The van der Waals surface area contributed by atoms with E-state index < -0.39 is 0 Å². The van der Waals surface area contributed by atoms with Gasteiger partial charge in [-0.25, -0.2) is 0 Å². The predicted octanol–water partition coefficient (Wildman–Crippen LogP) is 4.38. The van der Waals surface area contributed by atoms with Gasteiger partial charge in [-0.05, 0) is 49.8 Å². The number of anilines is 1. The zero-order valence-electron chi connectivity index (χ0n) is 12.6. The second-order valence-corrected chi connectivity index (χ2v) is 6.15. The molecule has 0 saturated heterocycles. The molecule has 21 heavy (non-hydrogen) atoms. The van der Waals surface area contributed by atoms with E-state index in [2.05, 4.69) is 6.92 Å². The van der Waals surface area contributed by atoms with Gasteiger partial charge >= 0.3 is 0 Å². The van der Waals surface area contributed by atoms with Crippen molar-refractivity contribution in [3.05, 3.63) is 28.8 Å². The first-order chi connectivity index (χ1) is 9.52. The van der Waals surface area contributed by atoms with Crippen molar-refractivity contribution in [2.75, 3.05) is 12.8 Å². The second kappa shape index (κ2) is 7.90. The van der Waals surface area contributed by atoms with E-state index in [-0.39, 0.29) is 18.3 Å². The molecule has 1 amide bonds. The quantitative estimate of drug-likeness (QED) is 0.835. The van der Waals surface area contributed by atoms with Crippen LogP contribution >= 0.6 is 24.0 Å². The molecule has 1 saturated carbocycles. The Labute approximate surface area is 138 Å². The van der Waals surface area contributed by atoms with Crippen LogP contribution in [0.5, 0.6) is 0 Å². The number of carbonyl (C=O) groups excluding carboxylic acids is 1. The van der Waals surface area contributed by atoms with Gasteiger partial charge in [-0.3, -0.25) is 4.79 Å². The van der Waals surface area contributed by atoms with Crippen molar-refractivity contribution < 1.29 is 4.79 Å². The lowest BCUT2D eigenvalue weighted by molar-refractivity contribution is 0.0675. The molecule has 2 N–H and O–H groups in total. The Morgan fingerprint density at radius 3 is 2.48 bits per heavy atom. The molecule has 0 spiro atoms. The molecule has 1 aromatic carbocycles. The van der Waals surface area contributed by atoms with Crippen LogP contribution < -0.4 is 5.73 Å². The molecule has 0 atom stereocenters. The number of nitrogen functional groups attached to an aromatic ring is 1. The Kier molecular flexibility index (Phi) is 6.82. The molecule has 1 aromatic rings. The minimum absolute atomic E-state index is 0. The summed E-state index contributed by atoms with van der Waals surface area (Å²) in [6.45, 7) is 2.24. The van der Waals surface area contributed by atoms with E-state index in [1.807, 2.05) is 11.9 Å². The molecule has 0 heterocycles. The summed E-state index contributed by atoms with van der Waals surface area (Å²) in [5, 5.41) is 0.434. The maximum atomic E-state index is 12.5. The van der Waals surface area contributed by atoms with E-state index >= 15 is 0 Å². The first-order valence-electron chi connectivity index (χ1n) is 7.35. The van der Waals surface area contributed by atoms with Crippen molar-refractivity contribution in [1.82, 2.24) is 4.90 Å². The fourth-order valence-corrected chi connectivity index (χ4v) is 3.27. The molecule has 0 unspecified atom stereocenters. The predicted molar refractivity (Wildman–Crippen MR) is 91.2 cm³/mol. The molecule has 118 valence electrons. The number of amides is 1. The average molecular weight is 331 g/mol. The Balaban J connectivity index is 0.00000220. The maximum absolute atomic E-state index is 12.5. The van der Waals surface area contributed by atoms with E-state index in [9.17, 15) is 4.79 Å². The van der Waals surface area contributed by atoms with Crippen molar-refractivity contribution in [1.29, 1.82) is 0 Å². The third-order valence-corrected chi connectivity index (χ3v) is 4.80. The highest BCUT2D eigenvalue weighted by molar-refractivity contribution is 6.34. The molecule has 0 aliphatic heterocycles. The molecule has 3 nitrogen and oxygen atoms in total. The summed E-state index contributed by atoms with van der Waals surface area (Å²) >= 11 is 6.13. The largest absolute Gasteiger partial charge is 0.399 e. The third-order valence-electron chi connectivity index (χ3n) is 4.49. The van der Waals surface area contributed by atoms with Crippen molar-refractivity contribution >= 4 is 35.6 Å². The van der Waals surface area contributed by atoms with Gasteiger partial charge < -0.3 is 10.6 Å². The van der Waals surface area contributed by atoms with Crippen LogP contribution in [0.3, 0.4) is 0 Å². The molecule has 2 rings (SSSR count). The number of hydrogen-bond donors (Lipinski definition) is 1. The van der Waals surface area contributed by atoms with Gasteiger partial charge in [-0.2, -0.15) is 0 Å². The van der Waals surface area contributed by atoms with Gasteiger partial charge in [-0.15, -0.1) is 12.4 Å². The van der Waals surface area contributed by atoms with Crippen LogP contribution in [0.4, 0.5) is 5.69 Å². The first kappa shape index (κ1) is 18.1.